The summed E-state index contributed by atoms with van der Waals surface area (Å²) in [5.41, 5.74) is 10.0. The molecule has 0 saturated heterocycles. The molecule has 4 N–H and O–H groups in total. The third-order valence-electron chi connectivity index (χ3n) is 5.67. The summed E-state index contributed by atoms with van der Waals surface area (Å²) in [6, 6.07) is 5.64. The Morgan fingerprint density at radius 1 is 1.17 bits per heavy atom. The van der Waals surface area contributed by atoms with E-state index in [-0.39, 0.29) is 16.4 Å². The zero-order chi connectivity index (χ0) is 22.2. The van der Waals surface area contributed by atoms with Crippen molar-refractivity contribution in [1.82, 2.24) is 5.32 Å². The first-order valence-corrected chi connectivity index (χ1v) is 11.3. The van der Waals surface area contributed by atoms with Crippen molar-refractivity contribution in [3.8, 4) is 0 Å². The van der Waals surface area contributed by atoms with Crippen LogP contribution in [0.1, 0.15) is 69.5 Å². The van der Waals surface area contributed by atoms with Gasteiger partial charge in [-0.15, -0.1) is 11.3 Å². The average molecular weight is 444 g/mol. The molecule has 160 valence electrons. The van der Waals surface area contributed by atoms with E-state index in [9.17, 15) is 9.59 Å². The molecule has 0 radical (unpaired) electrons. The number of benzene rings is 1. The molecule has 0 saturated carbocycles. The largest absolute Gasteiger partial charge is 0.365 e. The molecular weight excluding hydrogens is 414 g/mol. The van der Waals surface area contributed by atoms with E-state index in [1.807, 2.05) is 32.0 Å². The molecule has 2 amide bonds. The second-order valence-electron chi connectivity index (χ2n) is 9.16. The Labute approximate surface area is 187 Å². The van der Waals surface area contributed by atoms with Gasteiger partial charge in [0.1, 0.15) is 5.00 Å². The summed E-state index contributed by atoms with van der Waals surface area (Å²) in [4.78, 5) is 26.0. The Bertz CT molecular complexity index is 998. The molecule has 1 atom stereocenters. The van der Waals surface area contributed by atoms with Crippen LogP contribution in [0.25, 0.3) is 0 Å². The van der Waals surface area contributed by atoms with Gasteiger partial charge in [0.05, 0.1) is 5.56 Å². The average Bonchev–Trinajstić information content (AvgIpc) is 2.96. The summed E-state index contributed by atoms with van der Waals surface area (Å²) < 4.78 is 0. The number of thiophene rings is 1. The molecule has 1 aromatic carbocycles. The smallest absolute Gasteiger partial charge is 0.257 e. The van der Waals surface area contributed by atoms with Crippen molar-refractivity contribution < 1.29 is 9.59 Å². The van der Waals surface area contributed by atoms with Gasteiger partial charge in [-0.1, -0.05) is 38.0 Å². The quantitative estimate of drug-likeness (QED) is 0.598. The number of aryl methyl sites for hydroxylation is 2. The molecule has 0 unspecified atom stereocenters. The lowest BCUT2D eigenvalue weighted by molar-refractivity contribution is 0.0975. The zero-order valence-corrected chi connectivity index (χ0v) is 19.8. The second kappa shape index (κ2) is 8.47. The molecule has 1 aromatic heterocycles. The highest BCUT2D eigenvalue weighted by Gasteiger charge is 2.33. The number of amides is 2. The van der Waals surface area contributed by atoms with Gasteiger partial charge in [0.2, 0.25) is 0 Å². The van der Waals surface area contributed by atoms with E-state index in [4.69, 9.17) is 18.0 Å². The lowest BCUT2D eigenvalue weighted by Crippen LogP contribution is -2.34. The summed E-state index contributed by atoms with van der Waals surface area (Å²) in [7, 11) is 0. The Kier molecular flexibility index (Phi) is 6.34. The normalized spacial score (nSPS) is 16.0. The third-order valence-corrected chi connectivity index (χ3v) is 7.05. The van der Waals surface area contributed by atoms with Crippen molar-refractivity contribution in [1.29, 1.82) is 0 Å². The van der Waals surface area contributed by atoms with E-state index in [1.165, 1.54) is 16.2 Å². The first kappa shape index (κ1) is 22.4. The van der Waals surface area contributed by atoms with Crippen LogP contribution in [0, 0.1) is 25.2 Å². The number of carbonyl (C=O) groups is 2. The first-order chi connectivity index (χ1) is 14.0. The third kappa shape index (κ3) is 4.90. The molecule has 5 nitrogen and oxygen atoms in total. The van der Waals surface area contributed by atoms with E-state index >= 15 is 0 Å². The summed E-state index contributed by atoms with van der Waals surface area (Å²) in [5.74, 6) is -0.199. The molecule has 1 heterocycles. The molecule has 3 rings (SSSR count). The molecule has 0 spiro atoms. The van der Waals surface area contributed by atoms with Gasteiger partial charge in [0, 0.05) is 10.4 Å². The Morgan fingerprint density at radius 3 is 2.37 bits per heavy atom. The first-order valence-electron chi connectivity index (χ1n) is 10.1. The molecule has 1 aliphatic rings. The predicted octanol–water partition coefficient (Wildman–Crippen LogP) is 4.74. The SMILES string of the molecule is Cc1cc(C)cc(C(=O)NC(=S)Nc2sc3c(c2C(N)=O)CC[C@H](C(C)(C)C)C3)c1. The minimum Gasteiger partial charge on any atom is -0.365 e. The van der Waals surface area contributed by atoms with Crippen LogP contribution in [0.5, 0.6) is 0 Å². The van der Waals surface area contributed by atoms with Crippen molar-refractivity contribution in [3.63, 3.8) is 0 Å². The fourth-order valence-corrected chi connectivity index (χ4v) is 5.69. The van der Waals surface area contributed by atoms with Gasteiger partial charge < -0.3 is 11.1 Å². The standard InChI is InChI=1S/C23H29N3O2S2/c1-12-8-13(2)10-14(9-12)20(28)25-22(29)26-21-18(19(24)27)16-7-6-15(23(3,4)5)11-17(16)30-21/h8-10,15H,6-7,11H2,1-5H3,(H2,24,27)(H2,25,26,28,29)/t15-/m0/s1. The molecule has 1 aliphatic carbocycles. The molecule has 30 heavy (non-hydrogen) atoms. The fourth-order valence-electron chi connectivity index (χ4n) is 4.09. The number of thiocarbonyl (C=S) groups is 1. The molecule has 7 heteroatoms. The molecule has 0 bridgehead atoms. The van der Waals surface area contributed by atoms with Crippen LogP contribution in [0.2, 0.25) is 0 Å². The van der Waals surface area contributed by atoms with E-state index in [1.54, 1.807) is 0 Å². The molecule has 0 fully saturated rings. The van der Waals surface area contributed by atoms with E-state index < -0.39 is 5.91 Å². The maximum atomic E-state index is 12.6. The summed E-state index contributed by atoms with van der Waals surface area (Å²) in [6.07, 6.45) is 2.78. The van der Waals surface area contributed by atoms with Gasteiger partial charge in [0.25, 0.3) is 11.8 Å². The number of primary amides is 1. The number of rotatable bonds is 3. The van der Waals surface area contributed by atoms with Crippen LogP contribution in [0.15, 0.2) is 18.2 Å². The topological polar surface area (TPSA) is 84.2 Å². The molecule has 0 aliphatic heterocycles. The molecule has 2 aromatic rings. The highest BCUT2D eigenvalue weighted by atomic mass is 32.1. The monoisotopic (exact) mass is 443 g/mol. The van der Waals surface area contributed by atoms with Crippen molar-refractivity contribution >= 4 is 45.5 Å². The lowest BCUT2D eigenvalue weighted by Gasteiger charge is -2.33. The highest BCUT2D eigenvalue weighted by Crippen LogP contribution is 2.44. The molecular formula is C23H29N3O2S2. The summed E-state index contributed by atoms with van der Waals surface area (Å²) in [6.45, 7) is 10.6. The van der Waals surface area contributed by atoms with E-state index in [0.29, 0.717) is 22.0 Å². The highest BCUT2D eigenvalue weighted by molar-refractivity contribution is 7.80. The van der Waals surface area contributed by atoms with Gasteiger partial charge in [0.15, 0.2) is 5.11 Å². The van der Waals surface area contributed by atoms with Crippen molar-refractivity contribution in [2.75, 3.05) is 5.32 Å². The summed E-state index contributed by atoms with van der Waals surface area (Å²) >= 11 is 6.87. The Balaban J connectivity index is 1.79. The number of nitrogens with one attached hydrogen (secondary N) is 2. The van der Waals surface area contributed by atoms with Crippen LogP contribution >= 0.6 is 23.6 Å². The van der Waals surface area contributed by atoms with Crippen molar-refractivity contribution in [3.05, 3.63) is 50.9 Å². The Hall–Kier alpha value is -2.25. The number of carbonyl (C=O) groups excluding carboxylic acids is 2. The van der Waals surface area contributed by atoms with E-state index in [0.717, 1.165) is 36.0 Å². The van der Waals surface area contributed by atoms with Crippen LogP contribution in [0.4, 0.5) is 5.00 Å². The van der Waals surface area contributed by atoms with Crippen LogP contribution in [-0.2, 0) is 12.8 Å². The predicted molar refractivity (Wildman–Crippen MR) is 127 cm³/mol. The fraction of sp³-hybridized carbons (Fsp3) is 0.435. The van der Waals surface area contributed by atoms with Crippen molar-refractivity contribution in [2.45, 2.75) is 53.9 Å². The van der Waals surface area contributed by atoms with Gasteiger partial charge >= 0.3 is 0 Å². The number of nitrogens with two attached hydrogens (primary N) is 1. The van der Waals surface area contributed by atoms with Gasteiger partial charge in [-0.3, -0.25) is 14.9 Å². The van der Waals surface area contributed by atoms with Crippen molar-refractivity contribution in [2.24, 2.45) is 17.1 Å². The van der Waals surface area contributed by atoms with E-state index in [2.05, 4.69) is 31.4 Å². The minimum absolute atomic E-state index is 0.160. The minimum atomic E-state index is -0.465. The van der Waals surface area contributed by atoms with Crippen LogP contribution in [-0.4, -0.2) is 16.9 Å². The van der Waals surface area contributed by atoms with Gasteiger partial charge in [-0.25, -0.2) is 0 Å². The number of anilines is 1. The Morgan fingerprint density at radius 2 is 1.80 bits per heavy atom. The summed E-state index contributed by atoms with van der Waals surface area (Å²) in [5, 5.41) is 6.54. The van der Waals surface area contributed by atoms with Gasteiger partial charge in [-0.2, -0.15) is 0 Å². The number of fused-ring (bicyclic) bond motifs is 1. The number of hydrogen-bond acceptors (Lipinski definition) is 4. The number of hydrogen-bond donors (Lipinski definition) is 3. The maximum absolute atomic E-state index is 12.6. The zero-order valence-electron chi connectivity index (χ0n) is 18.1. The van der Waals surface area contributed by atoms with Gasteiger partial charge in [-0.05, 0) is 74.4 Å². The lowest BCUT2D eigenvalue weighted by atomic mass is 9.72. The van der Waals surface area contributed by atoms with Crippen LogP contribution < -0.4 is 16.4 Å². The van der Waals surface area contributed by atoms with Crippen LogP contribution in [0.3, 0.4) is 0 Å². The maximum Gasteiger partial charge on any atom is 0.257 e. The second-order valence-corrected chi connectivity index (χ2v) is 10.7.